The molecule has 1 aromatic rings. The van der Waals surface area contributed by atoms with Crippen LogP contribution in [-0.2, 0) is 11.2 Å². The van der Waals surface area contributed by atoms with E-state index in [4.69, 9.17) is 4.74 Å². The van der Waals surface area contributed by atoms with Crippen molar-refractivity contribution in [1.82, 2.24) is 5.32 Å². The summed E-state index contributed by atoms with van der Waals surface area (Å²) in [6, 6.07) is 4.46. The quantitative estimate of drug-likeness (QED) is 0.890. The maximum atomic E-state index is 6.17. The Morgan fingerprint density at radius 2 is 2.20 bits per heavy atom. The van der Waals surface area contributed by atoms with Crippen LogP contribution in [0.15, 0.2) is 17.5 Å². The molecular formula is C17H27NOS. The molecule has 1 saturated carbocycles. The maximum absolute atomic E-state index is 6.17. The number of thiophene rings is 1. The van der Waals surface area contributed by atoms with E-state index >= 15 is 0 Å². The second kappa shape index (κ2) is 5.43. The number of hydrogen-bond donors (Lipinski definition) is 1. The van der Waals surface area contributed by atoms with Crippen LogP contribution in [0.4, 0.5) is 0 Å². The molecule has 0 amide bonds. The smallest absolute Gasteiger partial charge is 0.0675 e. The molecule has 3 heteroatoms. The number of rotatable bonds is 5. The predicted molar refractivity (Wildman–Crippen MR) is 85.3 cm³/mol. The Bertz CT molecular complexity index is 432. The number of ether oxygens (including phenoxy) is 1. The van der Waals surface area contributed by atoms with Gasteiger partial charge in [0.1, 0.15) is 0 Å². The van der Waals surface area contributed by atoms with E-state index in [0.29, 0.717) is 11.5 Å². The molecule has 0 radical (unpaired) electrons. The lowest BCUT2D eigenvalue weighted by Gasteiger charge is -2.37. The molecule has 0 bridgehead atoms. The van der Waals surface area contributed by atoms with E-state index in [2.05, 4.69) is 43.6 Å². The summed E-state index contributed by atoms with van der Waals surface area (Å²) in [5, 5.41) is 5.95. The zero-order valence-electron chi connectivity index (χ0n) is 12.9. The van der Waals surface area contributed by atoms with Crippen LogP contribution in [0.5, 0.6) is 0 Å². The summed E-state index contributed by atoms with van der Waals surface area (Å²) in [4.78, 5) is 1.51. The minimum Gasteiger partial charge on any atom is -0.377 e. The Morgan fingerprint density at radius 1 is 1.40 bits per heavy atom. The van der Waals surface area contributed by atoms with Crippen LogP contribution in [0.25, 0.3) is 0 Å². The molecule has 1 aliphatic carbocycles. The van der Waals surface area contributed by atoms with Gasteiger partial charge in [0.15, 0.2) is 0 Å². The van der Waals surface area contributed by atoms with Crippen molar-refractivity contribution in [3.8, 4) is 0 Å². The first-order valence-electron chi connectivity index (χ1n) is 7.88. The van der Waals surface area contributed by atoms with E-state index in [1.807, 2.05) is 11.3 Å². The molecule has 2 aliphatic rings. The summed E-state index contributed by atoms with van der Waals surface area (Å²) in [5.41, 5.74) is 0.485. The van der Waals surface area contributed by atoms with Crippen molar-refractivity contribution < 1.29 is 4.74 Å². The normalized spacial score (nSPS) is 30.9. The molecule has 112 valence electrons. The third-order valence-electron chi connectivity index (χ3n) is 4.63. The molecule has 1 aliphatic heterocycles. The fourth-order valence-electron chi connectivity index (χ4n) is 3.39. The minimum absolute atomic E-state index is 0.180. The molecule has 2 heterocycles. The van der Waals surface area contributed by atoms with Gasteiger partial charge >= 0.3 is 0 Å². The summed E-state index contributed by atoms with van der Waals surface area (Å²) in [6.07, 6.45) is 5.59. The molecular weight excluding hydrogens is 266 g/mol. The molecule has 1 saturated heterocycles. The molecule has 3 rings (SSSR count). The zero-order chi connectivity index (χ0) is 14.2. The number of nitrogens with one attached hydrogen (secondary N) is 1. The Kier molecular flexibility index (Phi) is 3.95. The molecule has 0 aromatic carbocycles. The first-order valence-corrected chi connectivity index (χ1v) is 8.76. The van der Waals surface area contributed by atoms with Gasteiger partial charge in [0, 0.05) is 29.0 Å². The Morgan fingerprint density at radius 3 is 2.80 bits per heavy atom. The molecule has 0 spiro atoms. The fraction of sp³-hybridized carbons (Fsp3) is 0.765. The second-order valence-electron chi connectivity index (χ2n) is 7.60. The Hall–Kier alpha value is -0.380. The van der Waals surface area contributed by atoms with Crippen molar-refractivity contribution >= 4 is 11.3 Å². The first kappa shape index (κ1) is 14.6. The van der Waals surface area contributed by atoms with Crippen LogP contribution in [0, 0.1) is 11.3 Å². The highest BCUT2D eigenvalue weighted by atomic mass is 32.1. The standard InChI is InChI=1S/C17H27NOS/c1-16(2,3)18-12-17(11-14-5-4-10-20-14)8-9-19-15(17)13-6-7-13/h4-5,10,13,15,18H,6-9,11-12H2,1-3H3. The van der Waals surface area contributed by atoms with Crippen molar-refractivity contribution in [3.05, 3.63) is 22.4 Å². The Balaban J connectivity index is 1.78. The first-order chi connectivity index (χ1) is 9.49. The molecule has 2 nitrogen and oxygen atoms in total. The van der Waals surface area contributed by atoms with Gasteiger partial charge < -0.3 is 10.1 Å². The lowest BCUT2D eigenvalue weighted by molar-refractivity contribution is 0.0283. The summed E-state index contributed by atoms with van der Waals surface area (Å²) >= 11 is 1.89. The van der Waals surface area contributed by atoms with Crippen LogP contribution in [0.3, 0.4) is 0 Å². The highest BCUT2D eigenvalue weighted by Crippen LogP contribution is 2.49. The van der Waals surface area contributed by atoms with Gasteiger partial charge in [-0.1, -0.05) is 6.07 Å². The SMILES string of the molecule is CC(C)(C)NCC1(Cc2cccs2)CCOC1C1CC1. The highest BCUT2D eigenvalue weighted by molar-refractivity contribution is 7.09. The largest absolute Gasteiger partial charge is 0.377 e. The third kappa shape index (κ3) is 3.26. The number of hydrogen-bond acceptors (Lipinski definition) is 3. The summed E-state index contributed by atoms with van der Waals surface area (Å²) in [7, 11) is 0. The molecule has 1 N–H and O–H groups in total. The summed E-state index contributed by atoms with van der Waals surface area (Å²) < 4.78 is 6.17. The van der Waals surface area contributed by atoms with Crippen LogP contribution in [0.1, 0.15) is 44.9 Å². The summed E-state index contributed by atoms with van der Waals surface area (Å²) in [5.74, 6) is 0.819. The van der Waals surface area contributed by atoms with Gasteiger partial charge in [0.2, 0.25) is 0 Å². The fourth-order valence-corrected chi connectivity index (χ4v) is 4.24. The van der Waals surface area contributed by atoms with Gasteiger partial charge in [-0.3, -0.25) is 0 Å². The van der Waals surface area contributed by atoms with E-state index in [9.17, 15) is 0 Å². The second-order valence-corrected chi connectivity index (χ2v) is 8.63. The summed E-state index contributed by atoms with van der Waals surface area (Å²) in [6.45, 7) is 8.79. The predicted octanol–water partition coefficient (Wildman–Crippen LogP) is 3.86. The molecule has 2 atom stereocenters. The zero-order valence-corrected chi connectivity index (χ0v) is 13.8. The Labute approximate surface area is 126 Å². The van der Waals surface area contributed by atoms with Crippen LogP contribution < -0.4 is 5.32 Å². The lowest BCUT2D eigenvalue weighted by atomic mass is 9.75. The molecule has 1 aromatic heterocycles. The molecule has 2 fully saturated rings. The topological polar surface area (TPSA) is 21.3 Å². The average Bonchev–Trinajstić information content (AvgIpc) is 2.93. The van der Waals surface area contributed by atoms with Gasteiger partial charge in [0.25, 0.3) is 0 Å². The molecule has 20 heavy (non-hydrogen) atoms. The average molecular weight is 293 g/mol. The van der Waals surface area contributed by atoms with Crippen molar-refractivity contribution in [3.63, 3.8) is 0 Å². The van der Waals surface area contributed by atoms with E-state index in [0.717, 1.165) is 19.1 Å². The van der Waals surface area contributed by atoms with Crippen LogP contribution in [-0.4, -0.2) is 24.8 Å². The monoisotopic (exact) mass is 293 g/mol. The van der Waals surface area contributed by atoms with Crippen molar-refractivity contribution in [2.75, 3.05) is 13.2 Å². The molecule has 2 unspecified atom stereocenters. The van der Waals surface area contributed by atoms with E-state index < -0.39 is 0 Å². The van der Waals surface area contributed by atoms with Gasteiger partial charge in [-0.05, 0) is 63.8 Å². The van der Waals surface area contributed by atoms with Crippen LogP contribution >= 0.6 is 11.3 Å². The van der Waals surface area contributed by atoms with Crippen molar-refractivity contribution in [2.24, 2.45) is 11.3 Å². The lowest BCUT2D eigenvalue weighted by Crippen LogP contribution is -2.49. The van der Waals surface area contributed by atoms with Crippen molar-refractivity contribution in [2.45, 2.75) is 58.1 Å². The third-order valence-corrected chi connectivity index (χ3v) is 5.50. The van der Waals surface area contributed by atoms with Crippen LogP contribution in [0.2, 0.25) is 0 Å². The highest BCUT2D eigenvalue weighted by Gasteiger charge is 2.51. The minimum atomic E-state index is 0.180. The maximum Gasteiger partial charge on any atom is 0.0675 e. The van der Waals surface area contributed by atoms with Crippen molar-refractivity contribution in [1.29, 1.82) is 0 Å². The van der Waals surface area contributed by atoms with E-state index in [1.54, 1.807) is 0 Å². The van der Waals surface area contributed by atoms with E-state index in [-0.39, 0.29) is 5.54 Å². The van der Waals surface area contributed by atoms with Gasteiger partial charge in [-0.2, -0.15) is 0 Å². The van der Waals surface area contributed by atoms with E-state index in [1.165, 1.54) is 30.6 Å². The van der Waals surface area contributed by atoms with Gasteiger partial charge in [0.05, 0.1) is 6.10 Å². The van der Waals surface area contributed by atoms with Gasteiger partial charge in [-0.25, -0.2) is 0 Å². The van der Waals surface area contributed by atoms with Gasteiger partial charge in [-0.15, -0.1) is 11.3 Å².